The van der Waals surface area contributed by atoms with E-state index in [4.69, 9.17) is 17.0 Å². The standard InChI is InChI=1S/C15H21N5OS2/c22-15(17-4-1-5-19-7-9-21-10-8-19)23-12-13-11-20-6-2-3-16-14(20)18-13/h2-3,6,11H,1,4-5,7-10,12H2,(H,17,22). The maximum absolute atomic E-state index is 5.37. The molecular formula is C15H21N5OS2. The van der Waals surface area contributed by atoms with E-state index in [1.165, 1.54) is 0 Å². The van der Waals surface area contributed by atoms with Gasteiger partial charge in [-0.15, -0.1) is 0 Å². The Morgan fingerprint density at radius 2 is 2.26 bits per heavy atom. The van der Waals surface area contributed by atoms with Crippen molar-refractivity contribution in [3.8, 4) is 0 Å². The van der Waals surface area contributed by atoms with Gasteiger partial charge in [0.2, 0.25) is 5.78 Å². The number of nitrogens with one attached hydrogen (secondary N) is 1. The summed E-state index contributed by atoms with van der Waals surface area (Å²) in [5, 5.41) is 3.31. The number of ether oxygens (including phenoxy) is 1. The van der Waals surface area contributed by atoms with Gasteiger partial charge >= 0.3 is 0 Å². The molecule has 2 aromatic rings. The lowest BCUT2D eigenvalue weighted by atomic mass is 10.3. The summed E-state index contributed by atoms with van der Waals surface area (Å²) in [5.41, 5.74) is 0.992. The zero-order valence-electron chi connectivity index (χ0n) is 13.0. The molecule has 124 valence electrons. The number of imidazole rings is 1. The molecule has 0 radical (unpaired) electrons. The van der Waals surface area contributed by atoms with Crippen LogP contribution < -0.4 is 5.32 Å². The highest BCUT2D eigenvalue weighted by atomic mass is 32.2. The Morgan fingerprint density at radius 3 is 3.09 bits per heavy atom. The molecule has 1 saturated heterocycles. The van der Waals surface area contributed by atoms with Gasteiger partial charge in [-0.2, -0.15) is 0 Å². The summed E-state index contributed by atoms with van der Waals surface area (Å²) in [6.07, 6.45) is 6.79. The minimum absolute atomic E-state index is 0.729. The van der Waals surface area contributed by atoms with Gasteiger partial charge in [-0.25, -0.2) is 9.97 Å². The molecule has 3 heterocycles. The maximum atomic E-state index is 5.37. The maximum Gasteiger partial charge on any atom is 0.233 e. The van der Waals surface area contributed by atoms with Crippen LogP contribution in [0.25, 0.3) is 5.78 Å². The normalized spacial score (nSPS) is 15.8. The molecular weight excluding hydrogens is 330 g/mol. The van der Waals surface area contributed by atoms with E-state index in [9.17, 15) is 0 Å². The Labute approximate surface area is 145 Å². The largest absolute Gasteiger partial charge is 0.379 e. The van der Waals surface area contributed by atoms with E-state index in [0.717, 1.165) is 67.4 Å². The molecule has 8 heteroatoms. The lowest BCUT2D eigenvalue weighted by Gasteiger charge is -2.26. The zero-order chi connectivity index (χ0) is 15.9. The van der Waals surface area contributed by atoms with Crippen LogP contribution in [0.1, 0.15) is 12.1 Å². The summed E-state index contributed by atoms with van der Waals surface area (Å²) in [4.78, 5) is 11.1. The van der Waals surface area contributed by atoms with Gasteiger partial charge < -0.3 is 10.1 Å². The first kappa shape index (κ1) is 16.6. The predicted octanol–water partition coefficient (Wildman–Crippen LogP) is 1.56. The minimum atomic E-state index is 0.729. The van der Waals surface area contributed by atoms with E-state index < -0.39 is 0 Å². The molecule has 0 saturated carbocycles. The molecule has 1 N–H and O–H groups in total. The van der Waals surface area contributed by atoms with Crippen LogP contribution in [-0.2, 0) is 10.5 Å². The SMILES string of the molecule is S=C(NCCCN1CCOCC1)SCc1cn2cccnc2n1. The average molecular weight is 352 g/mol. The van der Waals surface area contributed by atoms with Crippen LogP contribution in [0, 0.1) is 0 Å². The third-order valence-electron chi connectivity index (χ3n) is 3.66. The van der Waals surface area contributed by atoms with Crippen LogP contribution >= 0.6 is 24.0 Å². The number of fused-ring (bicyclic) bond motifs is 1. The van der Waals surface area contributed by atoms with Crippen molar-refractivity contribution in [1.82, 2.24) is 24.6 Å². The van der Waals surface area contributed by atoms with Crippen molar-refractivity contribution in [2.75, 3.05) is 39.4 Å². The Kier molecular flexibility index (Phi) is 6.21. The summed E-state index contributed by atoms with van der Waals surface area (Å²) in [7, 11) is 0. The van der Waals surface area contributed by atoms with Crippen LogP contribution in [0.5, 0.6) is 0 Å². The van der Waals surface area contributed by atoms with E-state index in [-0.39, 0.29) is 0 Å². The molecule has 3 rings (SSSR count). The van der Waals surface area contributed by atoms with Crippen molar-refractivity contribution in [3.05, 3.63) is 30.4 Å². The molecule has 1 fully saturated rings. The molecule has 2 aromatic heterocycles. The first-order chi connectivity index (χ1) is 11.3. The number of rotatable bonds is 6. The Balaban J connectivity index is 1.33. The monoisotopic (exact) mass is 351 g/mol. The highest BCUT2D eigenvalue weighted by Crippen LogP contribution is 2.12. The molecule has 0 unspecified atom stereocenters. The van der Waals surface area contributed by atoms with Gasteiger partial charge in [0, 0.05) is 44.0 Å². The van der Waals surface area contributed by atoms with E-state index in [1.807, 2.05) is 22.9 Å². The molecule has 0 aliphatic carbocycles. The summed E-state index contributed by atoms with van der Waals surface area (Å²) in [5.74, 6) is 1.49. The van der Waals surface area contributed by atoms with Gasteiger partial charge in [0.15, 0.2) is 0 Å². The number of nitrogens with zero attached hydrogens (tertiary/aromatic N) is 4. The smallest absolute Gasteiger partial charge is 0.233 e. The van der Waals surface area contributed by atoms with E-state index in [2.05, 4.69) is 20.2 Å². The first-order valence-corrected chi connectivity index (χ1v) is 9.20. The summed E-state index contributed by atoms with van der Waals surface area (Å²) in [6.45, 7) is 5.81. The van der Waals surface area contributed by atoms with E-state index in [1.54, 1.807) is 18.0 Å². The summed E-state index contributed by atoms with van der Waals surface area (Å²) < 4.78 is 8.10. The van der Waals surface area contributed by atoms with Gasteiger partial charge in [0.05, 0.1) is 18.9 Å². The van der Waals surface area contributed by atoms with E-state index in [0.29, 0.717) is 0 Å². The molecule has 0 amide bonds. The fourth-order valence-electron chi connectivity index (χ4n) is 2.46. The van der Waals surface area contributed by atoms with Crippen molar-refractivity contribution in [2.24, 2.45) is 0 Å². The molecule has 0 aromatic carbocycles. The van der Waals surface area contributed by atoms with Crippen LogP contribution in [0.2, 0.25) is 0 Å². The lowest BCUT2D eigenvalue weighted by molar-refractivity contribution is 0.0376. The number of morpholine rings is 1. The quantitative estimate of drug-likeness (QED) is 0.626. The van der Waals surface area contributed by atoms with Gasteiger partial charge in [-0.3, -0.25) is 9.30 Å². The van der Waals surface area contributed by atoms with Crippen LogP contribution in [0.3, 0.4) is 0 Å². The fraction of sp³-hybridized carbons (Fsp3) is 0.533. The molecule has 1 aliphatic rings. The highest BCUT2D eigenvalue weighted by molar-refractivity contribution is 8.22. The second-order valence-electron chi connectivity index (χ2n) is 5.37. The predicted molar refractivity (Wildman–Crippen MR) is 96.8 cm³/mol. The summed E-state index contributed by atoms with van der Waals surface area (Å²) in [6, 6.07) is 1.90. The van der Waals surface area contributed by atoms with E-state index >= 15 is 0 Å². The Bertz CT molecular complexity index is 609. The van der Waals surface area contributed by atoms with Crippen molar-refractivity contribution in [2.45, 2.75) is 12.2 Å². The average Bonchev–Trinajstić information content (AvgIpc) is 3.01. The second-order valence-corrected chi connectivity index (χ2v) is 7.02. The third-order valence-corrected chi connectivity index (χ3v) is 5.01. The van der Waals surface area contributed by atoms with Crippen molar-refractivity contribution in [1.29, 1.82) is 0 Å². The highest BCUT2D eigenvalue weighted by Gasteiger charge is 2.09. The Hall–Kier alpha value is -1.22. The number of aromatic nitrogens is 3. The lowest BCUT2D eigenvalue weighted by Crippen LogP contribution is -2.37. The third kappa shape index (κ3) is 5.13. The number of hydrogen-bond donors (Lipinski definition) is 1. The molecule has 23 heavy (non-hydrogen) atoms. The number of thiocarbonyl (C=S) groups is 1. The van der Waals surface area contributed by atoms with Crippen LogP contribution in [-0.4, -0.2) is 63.0 Å². The molecule has 0 atom stereocenters. The van der Waals surface area contributed by atoms with Crippen molar-refractivity contribution < 1.29 is 4.74 Å². The zero-order valence-corrected chi connectivity index (χ0v) is 14.6. The van der Waals surface area contributed by atoms with Gasteiger partial charge in [-0.1, -0.05) is 24.0 Å². The molecule has 6 nitrogen and oxygen atoms in total. The van der Waals surface area contributed by atoms with Gasteiger partial charge in [0.1, 0.15) is 4.32 Å². The molecule has 1 aliphatic heterocycles. The van der Waals surface area contributed by atoms with Gasteiger partial charge in [-0.05, 0) is 19.0 Å². The minimum Gasteiger partial charge on any atom is -0.379 e. The number of hydrogen-bond acceptors (Lipinski definition) is 6. The fourth-order valence-corrected chi connectivity index (χ4v) is 3.36. The van der Waals surface area contributed by atoms with Crippen LogP contribution in [0.4, 0.5) is 0 Å². The molecule has 0 spiro atoms. The molecule has 0 bridgehead atoms. The van der Waals surface area contributed by atoms with Crippen molar-refractivity contribution >= 4 is 34.1 Å². The second kappa shape index (κ2) is 8.58. The van der Waals surface area contributed by atoms with Gasteiger partial charge in [0.25, 0.3) is 0 Å². The first-order valence-electron chi connectivity index (χ1n) is 7.80. The van der Waals surface area contributed by atoms with Crippen LogP contribution in [0.15, 0.2) is 24.7 Å². The summed E-state index contributed by atoms with van der Waals surface area (Å²) >= 11 is 6.99. The topological polar surface area (TPSA) is 54.7 Å². The van der Waals surface area contributed by atoms with Crippen molar-refractivity contribution in [3.63, 3.8) is 0 Å². The Morgan fingerprint density at radius 1 is 1.39 bits per heavy atom. The number of thioether (sulfide) groups is 1.